The average molecular weight is 392 g/mol. The van der Waals surface area contributed by atoms with E-state index in [1.807, 2.05) is 0 Å². The molecule has 8 heteroatoms. The van der Waals surface area contributed by atoms with Crippen LogP contribution in [0.25, 0.3) is 0 Å². The molecule has 0 aliphatic rings. The van der Waals surface area contributed by atoms with Crippen molar-refractivity contribution in [3.8, 4) is 0 Å². The maximum atomic E-state index is 12.6. The highest BCUT2D eigenvalue weighted by atomic mass is 19.4. The molecule has 2 aromatic carbocycles. The number of ketones is 1. The van der Waals surface area contributed by atoms with Crippen molar-refractivity contribution in [3.63, 3.8) is 0 Å². The fraction of sp³-hybridized carbons (Fsp3) is 0.250. The Hall–Kier alpha value is -3.16. The first kappa shape index (κ1) is 21.1. The number of hydrogen-bond donors (Lipinski definition) is 1. The van der Waals surface area contributed by atoms with Crippen LogP contribution in [0.3, 0.4) is 0 Å². The SMILES string of the molecule is CC(=O)c1cccc(N(CCNC(=O)c2ccc(C(F)(F)F)cc2)C(C)=O)c1. The molecule has 5 nitrogen and oxygen atoms in total. The lowest BCUT2D eigenvalue weighted by molar-refractivity contribution is -0.137. The van der Waals surface area contributed by atoms with Crippen LogP contribution in [0.5, 0.6) is 0 Å². The van der Waals surface area contributed by atoms with E-state index in [2.05, 4.69) is 5.32 Å². The number of hydrogen-bond acceptors (Lipinski definition) is 3. The molecule has 1 N–H and O–H groups in total. The largest absolute Gasteiger partial charge is 0.416 e. The Bertz CT molecular complexity index is 877. The summed E-state index contributed by atoms with van der Waals surface area (Å²) in [5.74, 6) is -0.958. The van der Waals surface area contributed by atoms with Crippen LogP contribution >= 0.6 is 0 Å². The van der Waals surface area contributed by atoms with Gasteiger partial charge in [0.15, 0.2) is 5.78 Å². The number of anilines is 1. The van der Waals surface area contributed by atoms with Gasteiger partial charge >= 0.3 is 6.18 Å². The van der Waals surface area contributed by atoms with E-state index >= 15 is 0 Å². The molecule has 0 radical (unpaired) electrons. The number of carbonyl (C=O) groups is 3. The molecular formula is C20H19F3N2O3. The van der Waals surface area contributed by atoms with Crippen molar-refractivity contribution in [2.45, 2.75) is 20.0 Å². The third kappa shape index (κ3) is 5.42. The molecule has 0 saturated carbocycles. The number of alkyl halides is 3. The van der Waals surface area contributed by atoms with Gasteiger partial charge in [-0.15, -0.1) is 0 Å². The summed E-state index contributed by atoms with van der Waals surface area (Å²) >= 11 is 0. The van der Waals surface area contributed by atoms with Crippen molar-refractivity contribution in [3.05, 3.63) is 65.2 Å². The molecule has 0 atom stereocenters. The first-order valence-electron chi connectivity index (χ1n) is 8.44. The summed E-state index contributed by atoms with van der Waals surface area (Å²) in [6, 6.07) is 10.4. The maximum absolute atomic E-state index is 12.6. The summed E-state index contributed by atoms with van der Waals surface area (Å²) in [7, 11) is 0. The highest BCUT2D eigenvalue weighted by Crippen LogP contribution is 2.29. The highest BCUT2D eigenvalue weighted by Gasteiger charge is 2.30. The average Bonchev–Trinajstić information content (AvgIpc) is 2.64. The summed E-state index contributed by atoms with van der Waals surface area (Å²) in [4.78, 5) is 36.9. The number of halogens is 3. The van der Waals surface area contributed by atoms with Crippen LogP contribution in [-0.2, 0) is 11.0 Å². The molecule has 0 aliphatic heterocycles. The van der Waals surface area contributed by atoms with Gasteiger partial charge in [0.05, 0.1) is 5.56 Å². The fourth-order valence-corrected chi connectivity index (χ4v) is 2.56. The van der Waals surface area contributed by atoms with E-state index in [9.17, 15) is 27.6 Å². The Kier molecular flexibility index (Phi) is 6.56. The first-order valence-corrected chi connectivity index (χ1v) is 8.44. The monoisotopic (exact) mass is 392 g/mol. The van der Waals surface area contributed by atoms with E-state index in [0.717, 1.165) is 24.3 Å². The molecule has 0 heterocycles. The summed E-state index contributed by atoms with van der Waals surface area (Å²) in [5, 5.41) is 2.57. The van der Waals surface area contributed by atoms with Gasteiger partial charge in [-0.25, -0.2) is 0 Å². The topological polar surface area (TPSA) is 66.5 Å². The zero-order valence-electron chi connectivity index (χ0n) is 15.3. The highest BCUT2D eigenvalue weighted by molar-refractivity contribution is 5.97. The third-order valence-corrected chi connectivity index (χ3v) is 4.04. The van der Waals surface area contributed by atoms with Crippen LogP contribution in [-0.4, -0.2) is 30.7 Å². The molecule has 148 valence electrons. The van der Waals surface area contributed by atoms with Crippen molar-refractivity contribution < 1.29 is 27.6 Å². The zero-order valence-corrected chi connectivity index (χ0v) is 15.3. The minimum absolute atomic E-state index is 0.0842. The second-order valence-corrected chi connectivity index (χ2v) is 6.11. The fourth-order valence-electron chi connectivity index (χ4n) is 2.56. The maximum Gasteiger partial charge on any atom is 0.416 e. The molecule has 0 unspecified atom stereocenters. The van der Waals surface area contributed by atoms with E-state index in [1.165, 1.54) is 18.7 Å². The van der Waals surface area contributed by atoms with Gasteiger partial charge in [0.2, 0.25) is 5.91 Å². The van der Waals surface area contributed by atoms with Gasteiger partial charge in [-0.05, 0) is 43.3 Å². The molecular weight excluding hydrogens is 373 g/mol. The minimum Gasteiger partial charge on any atom is -0.350 e. The predicted molar refractivity (Wildman–Crippen MR) is 98.3 cm³/mol. The van der Waals surface area contributed by atoms with Crippen LogP contribution in [0.1, 0.15) is 40.1 Å². The summed E-state index contributed by atoms with van der Waals surface area (Å²) in [5.41, 5.74) is 0.222. The summed E-state index contributed by atoms with van der Waals surface area (Å²) in [6.45, 7) is 3.01. The van der Waals surface area contributed by atoms with Crippen molar-refractivity contribution in [1.29, 1.82) is 0 Å². The van der Waals surface area contributed by atoms with Gasteiger partial charge in [-0.1, -0.05) is 12.1 Å². The number of Topliss-reactive ketones (excluding diaryl/α,β-unsaturated/α-hetero) is 1. The molecule has 0 bridgehead atoms. The first-order chi connectivity index (χ1) is 13.1. The van der Waals surface area contributed by atoms with E-state index in [0.29, 0.717) is 11.3 Å². The van der Waals surface area contributed by atoms with E-state index in [1.54, 1.807) is 24.3 Å². The third-order valence-electron chi connectivity index (χ3n) is 4.04. The molecule has 0 fully saturated rings. The van der Waals surface area contributed by atoms with Crippen molar-refractivity contribution in [2.24, 2.45) is 0 Å². The molecule has 0 aliphatic carbocycles. The van der Waals surface area contributed by atoms with Crippen LogP contribution in [0, 0.1) is 0 Å². The second kappa shape index (κ2) is 8.69. The van der Waals surface area contributed by atoms with Gasteiger partial charge in [0, 0.05) is 36.8 Å². The molecule has 0 saturated heterocycles. The minimum atomic E-state index is -4.47. The Morgan fingerprint density at radius 3 is 2.14 bits per heavy atom. The molecule has 2 rings (SSSR count). The molecule has 0 aromatic heterocycles. The van der Waals surface area contributed by atoms with Crippen molar-refractivity contribution in [2.75, 3.05) is 18.0 Å². The quantitative estimate of drug-likeness (QED) is 0.763. The second-order valence-electron chi connectivity index (χ2n) is 6.11. The van der Waals surface area contributed by atoms with Gasteiger partial charge in [0.1, 0.15) is 0 Å². The predicted octanol–water partition coefficient (Wildman–Crippen LogP) is 3.69. The lowest BCUT2D eigenvalue weighted by Crippen LogP contribution is -2.37. The summed E-state index contributed by atoms with van der Waals surface area (Å²) < 4.78 is 37.7. The van der Waals surface area contributed by atoms with Crippen molar-refractivity contribution in [1.82, 2.24) is 5.32 Å². The Morgan fingerprint density at radius 1 is 0.964 bits per heavy atom. The Labute approximate surface area is 160 Å². The number of carbonyl (C=O) groups excluding carboxylic acids is 3. The summed E-state index contributed by atoms with van der Waals surface area (Å²) in [6.07, 6.45) is -4.47. The lowest BCUT2D eigenvalue weighted by Gasteiger charge is -2.22. The van der Waals surface area contributed by atoms with Crippen LogP contribution in [0.2, 0.25) is 0 Å². The van der Waals surface area contributed by atoms with E-state index in [-0.39, 0.29) is 30.3 Å². The standard InChI is InChI=1S/C20H19F3N2O3/c1-13(26)16-4-3-5-18(12-16)25(14(2)27)11-10-24-19(28)15-6-8-17(9-7-15)20(21,22)23/h3-9,12H,10-11H2,1-2H3,(H,24,28). The normalized spacial score (nSPS) is 11.0. The number of benzene rings is 2. The lowest BCUT2D eigenvalue weighted by atomic mass is 10.1. The Balaban J connectivity index is 2.01. The van der Waals surface area contributed by atoms with Crippen LogP contribution < -0.4 is 10.2 Å². The Morgan fingerprint density at radius 2 is 1.61 bits per heavy atom. The van der Waals surface area contributed by atoms with Crippen LogP contribution in [0.15, 0.2) is 48.5 Å². The van der Waals surface area contributed by atoms with Gasteiger partial charge in [0.25, 0.3) is 5.91 Å². The van der Waals surface area contributed by atoms with Gasteiger partial charge in [-0.2, -0.15) is 13.2 Å². The zero-order chi connectivity index (χ0) is 20.9. The molecule has 28 heavy (non-hydrogen) atoms. The van der Waals surface area contributed by atoms with E-state index in [4.69, 9.17) is 0 Å². The number of rotatable bonds is 6. The molecule has 0 spiro atoms. The number of nitrogens with zero attached hydrogens (tertiary/aromatic N) is 1. The molecule has 2 aromatic rings. The molecule has 2 amide bonds. The van der Waals surface area contributed by atoms with E-state index < -0.39 is 17.6 Å². The number of nitrogens with one attached hydrogen (secondary N) is 1. The smallest absolute Gasteiger partial charge is 0.350 e. The number of amides is 2. The van der Waals surface area contributed by atoms with Gasteiger partial charge in [-0.3, -0.25) is 14.4 Å². The van der Waals surface area contributed by atoms with Gasteiger partial charge < -0.3 is 10.2 Å². The van der Waals surface area contributed by atoms with Crippen LogP contribution in [0.4, 0.5) is 18.9 Å². The van der Waals surface area contributed by atoms with Crippen molar-refractivity contribution >= 4 is 23.3 Å².